The highest BCUT2D eigenvalue weighted by Crippen LogP contribution is 2.38. The van der Waals surface area contributed by atoms with Crippen LogP contribution < -0.4 is 10.9 Å². The van der Waals surface area contributed by atoms with Gasteiger partial charge in [0.15, 0.2) is 0 Å². The molecule has 0 unspecified atom stereocenters. The van der Waals surface area contributed by atoms with Gasteiger partial charge in [-0.2, -0.15) is 0 Å². The van der Waals surface area contributed by atoms with E-state index in [1.54, 1.807) is 16.8 Å². The molecule has 6 nitrogen and oxygen atoms in total. The standard InChI is InChI=1S/C32H37ClN2O4/c1-32(2,3)39-29(37)18-13-22-7-6-10-27(19-22)34-31(38)30(24-8-4-5-9-24)25-14-11-23(12-15-25)20-35-21-26(33)16-17-28(35)36/h6-7,10-12,14-17,19,21,24,30H,4-5,8-9,13,18,20H2,1-3H3,(H,34,38)/t30-/m0/s1. The summed E-state index contributed by atoms with van der Waals surface area (Å²) >= 11 is 6.06. The molecule has 7 heteroatoms. The average Bonchev–Trinajstić information content (AvgIpc) is 3.40. The highest BCUT2D eigenvalue weighted by molar-refractivity contribution is 6.30. The number of esters is 1. The number of rotatable bonds is 9. The molecule has 2 aromatic carbocycles. The number of ether oxygens (including phenoxy) is 1. The number of carbonyl (C=O) groups is 2. The van der Waals surface area contributed by atoms with Crippen molar-refractivity contribution in [3.05, 3.63) is 98.9 Å². The van der Waals surface area contributed by atoms with Crippen molar-refractivity contribution in [2.24, 2.45) is 5.92 Å². The van der Waals surface area contributed by atoms with Gasteiger partial charge in [0.2, 0.25) is 5.91 Å². The van der Waals surface area contributed by atoms with Crippen LogP contribution in [0.1, 0.15) is 75.5 Å². The Labute approximate surface area is 235 Å². The van der Waals surface area contributed by atoms with Gasteiger partial charge in [0, 0.05) is 24.4 Å². The number of carbonyl (C=O) groups excluding carboxylic acids is 2. The number of hydrogen-bond acceptors (Lipinski definition) is 4. The minimum absolute atomic E-state index is 0.0231. The van der Waals surface area contributed by atoms with E-state index in [1.807, 2.05) is 69.3 Å². The van der Waals surface area contributed by atoms with Crippen molar-refractivity contribution in [2.75, 3.05) is 5.32 Å². The lowest BCUT2D eigenvalue weighted by molar-refractivity contribution is -0.154. The second-order valence-electron chi connectivity index (χ2n) is 11.4. The zero-order valence-electron chi connectivity index (χ0n) is 22.9. The number of nitrogens with zero attached hydrogens (tertiary/aromatic N) is 1. The first-order valence-electron chi connectivity index (χ1n) is 13.6. The highest BCUT2D eigenvalue weighted by atomic mass is 35.5. The molecule has 206 valence electrons. The van der Waals surface area contributed by atoms with Gasteiger partial charge in [-0.15, -0.1) is 0 Å². The Hall–Kier alpha value is -3.38. The Morgan fingerprint density at radius 1 is 1.03 bits per heavy atom. The first kappa shape index (κ1) is 28.6. The van der Waals surface area contributed by atoms with Gasteiger partial charge < -0.3 is 14.6 Å². The molecular weight excluding hydrogens is 512 g/mol. The van der Waals surface area contributed by atoms with Gasteiger partial charge >= 0.3 is 5.97 Å². The number of amides is 1. The summed E-state index contributed by atoms with van der Waals surface area (Å²) in [4.78, 5) is 37.9. The van der Waals surface area contributed by atoms with Crippen molar-refractivity contribution in [2.45, 2.75) is 77.4 Å². The van der Waals surface area contributed by atoms with Crippen molar-refractivity contribution in [3.8, 4) is 0 Å². The molecule has 0 saturated heterocycles. The molecule has 0 aliphatic heterocycles. The first-order chi connectivity index (χ1) is 18.6. The molecule has 1 aliphatic carbocycles. The Bertz CT molecular complexity index is 1350. The molecule has 1 amide bonds. The van der Waals surface area contributed by atoms with Crippen LogP contribution >= 0.6 is 11.6 Å². The Balaban J connectivity index is 1.46. The molecule has 1 heterocycles. The van der Waals surface area contributed by atoms with Crippen molar-refractivity contribution in [3.63, 3.8) is 0 Å². The third kappa shape index (κ3) is 8.30. The summed E-state index contributed by atoms with van der Waals surface area (Å²) in [7, 11) is 0. The van der Waals surface area contributed by atoms with Gasteiger partial charge in [-0.3, -0.25) is 14.4 Å². The number of aromatic nitrogens is 1. The summed E-state index contributed by atoms with van der Waals surface area (Å²) in [6.45, 7) is 5.98. The van der Waals surface area contributed by atoms with Crippen LogP contribution in [-0.4, -0.2) is 22.0 Å². The normalized spacial score (nSPS) is 14.7. The molecule has 0 spiro atoms. The minimum atomic E-state index is -0.507. The lowest BCUT2D eigenvalue weighted by Gasteiger charge is -2.24. The van der Waals surface area contributed by atoms with E-state index in [4.69, 9.17) is 16.3 Å². The van der Waals surface area contributed by atoms with Crippen molar-refractivity contribution >= 4 is 29.2 Å². The minimum Gasteiger partial charge on any atom is -0.460 e. The topological polar surface area (TPSA) is 77.4 Å². The molecule has 1 saturated carbocycles. The van der Waals surface area contributed by atoms with E-state index in [0.717, 1.165) is 48.1 Å². The molecule has 1 aromatic heterocycles. The molecule has 1 atom stereocenters. The molecule has 1 aliphatic rings. The van der Waals surface area contributed by atoms with Crippen LogP contribution in [0.4, 0.5) is 5.69 Å². The molecule has 1 N–H and O–H groups in total. The number of anilines is 1. The molecule has 4 rings (SSSR count). The van der Waals surface area contributed by atoms with Crippen molar-refractivity contribution < 1.29 is 14.3 Å². The van der Waals surface area contributed by atoms with Crippen LogP contribution in [0.3, 0.4) is 0 Å². The van der Waals surface area contributed by atoms with Crippen LogP contribution in [0.15, 0.2) is 71.7 Å². The summed E-state index contributed by atoms with van der Waals surface area (Å²) in [6.07, 6.45) is 6.76. The fraction of sp³-hybridized carbons (Fsp3) is 0.406. The quantitative estimate of drug-likeness (QED) is 0.300. The molecule has 1 fully saturated rings. The second kappa shape index (κ2) is 12.6. The summed E-state index contributed by atoms with van der Waals surface area (Å²) in [6, 6.07) is 18.7. The van der Waals surface area contributed by atoms with E-state index in [-0.39, 0.29) is 35.7 Å². The van der Waals surface area contributed by atoms with Crippen LogP contribution in [0, 0.1) is 5.92 Å². The molecular formula is C32H37ClN2O4. The largest absolute Gasteiger partial charge is 0.460 e. The van der Waals surface area contributed by atoms with E-state index in [9.17, 15) is 14.4 Å². The van der Waals surface area contributed by atoms with Crippen molar-refractivity contribution in [1.29, 1.82) is 0 Å². The zero-order chi connectivity index (χ0) is 28.0. The third-order valence-electron chi connectivity index (χ3n) is 7.03. The van der Waals surface area contributed by atoms with E-state index in [1.165, 1.54) is 6.07 Å². The van der Waals surface area contributed by atoms with Gasteiger partial charge in [-0.1, -0.05) is 60.8 Å². The van der Waals surface area contributed by atoms with Gasteiger partial charge in [-0.05, 0) is 80.8 Å². The van der Waals surface area contributed by atoms with Crippen LogP contribution in [0.2, 0.25) is 5.02 Å². The van der Waals surface area contributed by atoms with Crippen molar-refractivity contribution in [1.82, 2.24) is 4.57 Å². The van der Waals surface area contributed by atoms with E-state index < -0.39 is 5.60 Å². The summed E-state index contributed by atoms with van der Waals surface area (Å²) in [5, 5.41) is 3.65. The van der Waals surface area contributed by atoms with Gasteiger partial charge in [0.1, 0.15) is 5.60 Å². The summed E-state index contributed by atoms with van der Waals surface area (Å²) in [5.41, 5.74) is 3.01. The number of pyridine rings is 1. The fourth-order valence-corrected chi connectivity index (χ4v) is 5.43. The number of halogens is 1. The zero-order valence-corrected chi connectivity index (χ0v) is 23.7. The second-order valence-corrected chi connectivity index (χ2v) is 11.8. The van der Waals surface area contributed by atoms with Crippen LogP contribution in [0.25, 0.3) is 0 Å². The third-order valence-corrected chi connectivity index (χ3v) is 7.25. The van der Waals surface area contributed by atoms with E-state index >= 15 is 0 Å². The Morgan fingerprint density at radius 3 is 2.44 bits per heavy atom. The average molecular weight is 549 g/mol. The Kier molecular flexibility index (Phi) is 9.28. The number of aryl methyl sites for hydroxylation is 1. The maximum Gasteiger partial charge on any atom is 0.306 e. The molecule has 0 radical (unpaired) electrons. The van der Waals surface area contributed by atoms with Gasteiger partial charge in [-0.25, -0.2) is 0 Å². The lowest BCUT2D eigenvalue weighted by atomic mass is 9.83. The first-order valence-corrected chi connectivity index (χ1v) is 14.0. The predicted molar refractivity (Wildman–Crippen MR) is 155 cm³/mol. The monoisotopic (exact) mass is 548 g/mol. The molecule has 0 bridgehead atoms. The van der Waals surface area contributed by atoms with E-state index in [2.05, 4.69) is 5.32 Å². The predicted octanol–water partition coefficient (Wildman–Crippen LogP) is 6.74. The van der Waals surface area contributed by atoms with E-state index in [0.29, 0.717) is 18.0 Å². The lowest BCUT2D eigenvalue weighted by Crippen LogP contribution is -2.26. The van der Waals surface area contributed by atoms with Crippen LogP contribution in [0.5, 0.6) is 0 Å². The van der Waals surface area contributed by atoms with Gasteiger partial charge in [0.25, 0.3) is 5.56 Å². The maximum absolute atomic E-state index is 13.6. The number of nitrogens with one attached hydrogen (secondary N) is 1. The molecule has 3 aromatic rings. The fourth-order valence-electron chi connectivity index (χ4n) is 5.24. The summed E-state index contributed by atoms with van der Waals surface area (Å²) < 4.78 is 6.99. The molecule has 39 heavy (non-hydrogen) atoms. The maximum atomic E-state index is 13.6. The highest BCUT2D eigenvalue weighted by Gasteiger charge is 2.32. The number of hydrogen-bond donors (Lipinski definition) is 1. The Morgan fingerprint density at radius 2 is 1.74 bits per heavy atom. The SMILES string of the molecule is CC(C)(C)OC(=O)CCc1cccc(NC(=O)[C@H](c2ccc(Cn3cc(Cl)ccc3=O)cc2)C2CCCC2)c1. The number of benzene rings is 2. The van der Waals surface area contributed by atoms with Gasteiger partial charge in [0.05, 0.1) is 17.5 Å². The van der Waals surface area contributed by atoms with Crippen LogP contribution in [-0.2, 0) is 27.3 Å². The smallest absolute Gasteiger partial charge is 0.306 e. The summed E-state index contributed by atoms with van der Waals surface area (Å²) in [5.74, 6) is -0.241.